The molecule has 1 aliphatic heterocycles. The van der Waals surface area contributed by atoms with Crippen LogP contribution in [0.5, 0.6) is 0 Å². The Hall–Kier alpha value is -3.79. The van der Waals surface area contributed by atoms with E-state index in [1.807, 2.05) is 33.5 Å². The summed E-state index contributed by atoms with van der Waals surface area (Å²) in [7, 11) is 0. The number of aryl methyl sites for hydroxylation is 2. The smallest absolute Gasteiger partial charge is 0.295 e. The van der Waals surface area contributed by atoms with Crippen LogP contribution in [0.2, 0.25) is 0 Å². The van der Waals surface area contributed by atoms with E-state index < -0.39 is 6.29 Å². The van der Waals surface area contributed by atoms with Crippen LogP contribution in [0.4, 0.5) is 5.82 Å². The summed E-state index contributed by atoms with van der Waals surface area (Å²) >= 11 is 0. The molecule has 168 valence electrons. The normalized spacial score (nSPS) is 18.3. The van der Waals surface area contributed by atoms with E-state index in [-0.39, 0.29) is 0 Å². The zero-order chi connectivity index (χ0) is 22.2. The molecule has 0 spiro atoms. The van der Waals surface area contributed by atoms with Gasteiger partial charge in [-0.3, -0.25) is 9.78 Å². The number of morpholine rings is 1. The summed E-state index contributed by atoms with van der Waals surface area (Å²) in [5.41, 5.74) is 4.92. The Morgan fingerprint density at radius 1 is 1.12 bits per heavy atom. The van der Waals surface area contributed by atoms with Crippen molar-refractivity contribution in [3.8, 4) is 17.1 Å². The molecule has 1 atom stereocenters. The molecule has 1 aliphatic carbocycles. The van der Waals surface area contributed by atoms with Crippen molar-refractivity contribution in [1.82, 2.24) is 29.4 Å². The van der Waals surface area contributed by atoms with Crippen LogP contribution in [-0.2, 0) is 27.1 Å². The molecule has 4 aromatic heterocycles. The first-order valence-corrected chi connectivity index (χ1v) is 11.1. The molecule has 10 heteroatoms. The molecule has 33 heavy (non-hydrogen) atoms. The van der Waals surface area contributed by atoms with Gasteiger partial charge in [0.25, 0.3) is 6.47 Å². The van der Waals surface area contributed by atoms with Gasteiger partial charge in [0.1, 0.15) is 5.82 Å². The lowest BCUT2D eigenvalue weighted by Gasteiger charge is -2.33. The van der Waals surface area contributed by atoms with Crippen LogP contribution < -0.4 is 4.90 Å². The third kappa shape index (κ3) is 3.72. The van der Waals surface area contributed by atoms with Crippen molar-refractivity contribution in [3.05, 3.63) is 54.1 Å². The van der Waals surface area contributed by atoms with Gasteiger partial charge in [0, 0.05) is 42.8 Å². The number of fused-ring (bicyclic) bond motifs is 2. The molecule has 1 fully saturated rings. The van der Waals surface area contributed by atoms with E-state index in [1.54, 1.807) is 12.4 Å². The van der Waals surface area contributed by atoms with Crippen LogP contribution in [0.15, 0.2) is 42.9 Å². The molecule has 0 radical (unpaired) electrons. The molecule has 1 unspecified atom stereocenters. The fourth-order valence-electron chi connectivity index (χ4n) is 4.51. The highest BCUT2D eigenvalue weighted by Gasteiger charge is 2.25. The molecule has 0 bridgehead atoms. The monoisotopic (exact) mass is 445 g/mol. The van der Waals surface area contributed by atoms with E-state index >= 15 is 0 Å². The van der Waals surface area contributed by atoms with Gasteiger partial charge in [0.15, 0.2) is 11.5 Å². The molecule has 2 aliphatic rings. The molecular weight excluding hydrogens is 422 g/mol. The second-order valence-corrected chi connectivity index (χ2v) is 8.24. The molecule has 0 amide bonds. The van der Waals surface area contributed by atoms with Crippen LogP contribution in [0.25, 0.3) is 22.7 Å². The number of rotatable bonds is 5. The number of ether oxygens (including phenoxy) is 2. The molecular formula is C23H23N7O3. The zero-order valence-corrected chi connectivity index (χ0v) is 18.0. The lowest BCUT2D eigenvalue weighted by molar-refractivity contribution is -0.165. The van der Waals surface area contributed by atoms with E-state index in [2.05, 4.69) is 16.1 Å². The first-order chi connectivity index (χ1) is 16.3. The van der Waals surface area contributed by atoms with Crippen molar-refractivity contribution in [2.45, 2.75) is 32.0 Å². The molecule has 0 N–H and O–H groups in total. The summed E-state index contributed by atoms with van der Waals surface area (Å²) < 4.78 is 14.3. The van der Waals surface area contributed by atoms with Crippen molar-refractivity contribution in [2.75, 3.05) is 24.6 Å². The summed E-state index contributed by atoms with van der Waals surface area (Å²) in [6.07, 6.45) is 9.38. The van der Waals surface area contributed by atoms with Gasteiger partial charge < -0.3 is 14.4 Å². The average Bonchev–Trinajstić information content (AvgIpc) is 3.49. The van der Waals surface area contributed by atoms with Crippen molar-refractivity contribution in [1.29, 1.82) is 0 Å². The van der Waals surface area contributed by atoms with Gasteiger partial charge in [-0.2, -0.15) is 14.7 Å². The van der Waals surface area contributed by atoms with E-state index in [9.17, 15) is 4.79 Å². The minimum Gasteiger partial charge on any atom is -0.436 e. The summed E-state index contributed by atoms with van der Waals surface area (Å²) in [5, 5.41) is 9.66. The Labute approximate surface area is 189 Å². The minimum atomic E-state index is -0.629. The average molecular weight is 445 g/mol. The Kier molecular flexibility index (Phi) is 4.99. The van der Waals surface area contributed by atoms with Crippen molar-refractivity contribution >= 4 is 17.9 Å². The second-order valence-electron chi connectivity index (χ2n) is 8.24. The maximum absolute atomic E-state index is 10.9. The van der Waals surface area contributed by atoms with Crippen LogP contribution in [0.1, 0.15) is 24.1 Å². The highest BCUT2D eigenvalue weighted by Crippen LogP contribution is 2.27. The molecule has 0 aromatic carbocycles. The summed E-state index contributed by atoms with van der Waals surface area (Å²) in [4.78, 5) is 21.9. The van der Waals surface area contributed by atoms with Gasteiger partial charge in [-0.15, -0.1) is 0 Å². The van der Waals surface area contributed by atoms with Gasteiger partial charge in [0.2, 0.25) is 6.29 Å². The van der Waals surface area contributed by atoms with E-state index in [0.717, 1.165) is 41.4 Å². The van der Waals surface area contributed by atoms with Gasteiger partial charge in [-0.1, -0.05) is 0 Å². The third-order valence-corrected chi connectivity index (χ3v) is 6.16. The van der Waals surface area contributed by atoms with Crippen molar-refractivity contribution < 1.29 is 14.3 Å². The van der Waals surface area contributed by atoms with E-state index in [0.29, 0.717) is 31.8 Å². The lowest BCUT2D eigenvalue weighted by Crippen LogP contribution is -2.44. The number of pyridine rings is 1. The highest BCUT2D eigenvalue weighted by molar-refractivity contribution is 5.66. The third-order valence-electron chi connectivity index (χ3n) is 6.16. The SMILES string of the molecule is O=COC1CN(c2cc(-n3cc4c(n3)CCCC4)nc3cc(-c4ccncc4)nn23)CCO1. The zero-order valence-electron chi connectivity index (χ0n) is 18.0. The standard InChI is InChI=1S/C23H23N7O3/c31-15-33-23-14-28(9-10-32-23)22-12-20(29-13-17-3-1-2-4-18(17)26-29)25-21-11-19(27-30(21)22)16-5-7-24-8-6-16/h5-8,11-13,15,23H,1-4,9-10,14H2. The minimum absolute atomic E-state index is 0.400. The fourth-order valence-corrected chi connectivity index (χ4v) is 4.51. The van der Waals surface area contributed by atoms with Crippen LogP contribution >= 0.6 is 0 Å². The van der Waals surface area contributed by atoms with Crippen LogP contribution in [-0.4, -0.2) is 61.8 Å². The Morgan fingerprint density at radius 2 is 2.00 bits per heavy atom. The fraction of sp³-hybridized carbons (Fsp3) is 0.348. The van der Waals surface area contributed by atoms with Crippen molar-refractivity contribution in [3.63, 3.8) is 0 Å². The Bertz CT molecular complexity index is 1280. The van der Waals surface area contributed by atoms with Gasteiger partial charge in [-0.25, -0.2) is 9.67 Å². The molecule has 0 saturated carbocycles. The van der Waals surface area contributed by atoms with Crippen LogP contribution in [0.3, 0.4) is 0 Å². The van der Waals surface area contributed by atoms with Gasteiger partial charge >= 0.3 is 0 Å². The summed E-state index contributed by atoms with van der Waals surface area (Å²) in [5.74, 6) is 1.57. The number of carbonyl (C=O) groups excluding carboxylic acids is 1. The van der Waals surface area contributed by atoms with Gasteiger partial charge in [0.05, 0.1) is 24.5 Å². The number of carbonyl (C=O) groups is 1. The maximum Gasteiger partial charge on any atom is 0.295 e. The first kappa shape index (κ1) is 19.9. The molecule has 6 rings (SSSR count). The lowest BCUT2D eigenvalue weighted by atomic mass is 9.99. The number of hydrogen-bond acceptors (Lipinski definition) is 8. The number of anilines is 1. The molecule has 4 aromatic rings. The van der Waals surface area contributed by atoms with Crippen LogP contribution in [0, 0.1) is 0 Å². The largest absolute Gasteiger partial charge is 0.436 e. The topological polar surface area (TPSA) is 99.7 Å². The first-order valence-electron chi connectivity index (χ1n) is 11.1. The number of nitrogens with zero attached hydrogens (tertiary/aromatic N) is 7. The van der Waals surface area contributed by atoms with E-state index in [1.165, 1.54) is 18.4 Å². The quantitative estimate of drug-likeness (QED) is 0.431. The van der Waals surface area contributed by atoms with Crippen molar-refractivity contribution in [2.24, 2.45) is 0 Å². The molecule has 1 saturated heterocycles. The van der Waals surface area contributed by atoms with E-state index in [4.69, 9.17) is 24.7 Å². The summed E-state index contributed by atoms with van der Waals surface area (Å²) in [6, 6.07) is 7.79. The Balaban J connectivity index is 1.47. The Morgan fingerprint density at radius 3 is 2.85 bits per heavy atom. The number of hydrogen-bond donors (Lipinski definition) is 0. The maximum atomic E-state index is 10.9. The highest BCUT2D eigenvalue weighted by atomic mass is 16.7. The van der Waals surface area contributed by atoms with Gasteiger partial charge in [-0.05, 0) is 43.4 Å². The predicted molar refractivity (Wildman–Crippen MR) is 119 cm³/mol. The predicted octanol–water partition coefficient (Wildman–Crippen LogP) is 2.19. The molecule has 10 nitrogen and oxygen atoms in total. The molecule has 5 heterocycles. The second kappa shape index (κ2) is 8.28. The summed E-state index contributed by atoms with van der Waals surface area (Å²) in [6.45, 7) is 1.90. The number of aromatic nitrogens is 6.